The first-order chi connectivity index (χ1) is 26.4. The lowest BCUT2D eigenvalue weighted by Crippen LogP contribution is -2.25. The molecule has 3 N–H and O–H groups in total. The number of carbonyl (C=O) groups is 1. The van der Waals surface area contributed by atoms with Gasteiger partial charge in [0.2, 0.25) is 0 Å². The maximum absolute atomic E-state index is 12.4. The number of hydrogen-bond donors (Lipinski definition) is 2. The fourth-order valence-electron chi connectivity index (χ4n) is 6.25. The van der Waals surface area contributed by atoms with Crippen LogP contribution in [0, 0.1) is 0 Å². The summed E-state index contributed by atoms with van der Waals surface area (Å²) in [5.41, 5.74) is 5.37. The largest absolute Gasteiger partial charge is 0.492 e. The molecule has 318 valence electrons. The highest BCUT2D eigenvalue weighted by molar-refractivity contribution is 7.47. The zero-order chi connectivity index (χ0) is 39.5. The lowest BCUT2D eigenvalue weighted by atomic mass is 10.0. The normalized spacial score (nSPS) is 13.7. The number of unbranched alkanes of at least 4 members (excludes halogenated alkanes) is 26. The minimum atomic E-state index is -4.27. The molecule has 2 atom stereocenters. The van der Waals surface area contributed by atoms with Gasteiger partial charge in [0.05, 0.1) is 19.5 Å². The summed E-state index contributed by atoms with van der Waals surface area (Å²) in [4.78, 5) is 22.3. The second-order valence-corrected chi connectivity index (χ2v) is 16.4. The summed E-state index contributed by atoms with van der Waals surface area (Å²) in [6, 6.07) is 0. The third-order valence-corrected chi connectivity index (χ3v) is 10.6. The molecule has 0 amide bonds. The lowest BCUT2D eigenvalue weighted by molar-refractivity contribution is -0.147. The first kappa shape index (κ1) is 52.6. The maximum Gasteiger partial charge on any atom is 0.472 e. The van der Waals surface area contributed by atoms with Crippen molar-refractivity contribution in [2.75, 3.05) is 26.4 Å². The SMILES string of the molecule is CCCCCC=CCC=CCCCCCCCCCCCC(=O)OCC(COP(=O)(O)OCCN)OC=CCCCCCCCCCCCCCCCC. The van der Waals surface area contributed by atoms with Gasteiger partial charge < -0.3 is 20.1 Å². The molecule has 0 aromatic carbocycles. The van der Waals surface area contributed by atoms with Crippen LogP contribution in [0.15, 0.2) is 36.6 Å². The minimum Gasteiger partial charge on any atom is -0.492 e. The van der Waals surface area contributed by atoms with E-state index in [2.05, 4.69) is 38.2 Å². The minimum absolute atomic E-state index is 0.0646. The Bertz CT molecular complexity index is 926. The van der Waals surface area contributed by atoms with Crippen molar-refractivity contribution in [2.24, 2.45) is 5.73 Å². The molecule has 0 aromatic heterocycles. The molecule has 0 aliphatic rings. The van der Waals surface area contributed by atoms with Crippen LogP contribution in [0.25, 0.3) is 0 Å². The highest BCUT2D eigenvalue weighted by Crippen LogP contribution is 2.43. The average molecular weight is 784 g/mol. The van der Waals surface area contributed by atoms with Gasteiger partial charge in [0.1, 0.15) is 6.61 Å². The van der Waals surface area contributed by atoms with Crippen molar-refractivity contribution in [3.63, 3.8) is 0 Å². The Kier molecular flexibility index (Phi) is 41.6. The summed E-state index contributed by atoms with van der Waals surface area (Å²) in [6.45, 7) is 4.21. The van der Waals surface area contributed by atoms with Gasteiger partial charge in [0.15, 0.2) is 6.10 Å². The summed E-state index contributed by atoms with van der Waals surface area (Å²) in [6.07, 6.45) is 49.7. The summed E-state index contributed by atoms with van der Waals surface area (Å²) in [5, 5.41) is 0. The topological polar surface area (TPSA) is 117 Å². The number of carbonyl (C=O) groups excluding carboxylic acids is 1. The zero-order valence-corrected chi connectivity index (χ0v) is 36.1. The number of ether oxygens (including phenoxy) is 2. The molecule has 0 radical (unpaired) electrons. The highest BCUT2D eigenvalue weighted by Gasteiger charge is 2.24. The van der Waals surface area contributed by atoms with Crippen LogP contribution in [-0.4, -0.2) is 43.3 Å². The van der Waals surface area contributed by atoms with Crippen LogP contribution in [0.2, 0.25) is 0 Å². The van der Waals surface area contributed by atoms with Gasteiger partial charge in [-0.25, -0.2) is 4.57 Å². The summed E-state index contributed by atoms with van der Waals surface area (Å²) < 4.78 is 33.2. The first-order valence-corrected chi connectivity index (χ1v) is 24.0. The van der Waals surface area contributed by atoms with Gasteiger partial charge in [-0.1, -0.05) is 179 Å². The van der Waals surface area contributed by atoms with E-state index in [0.717, 1.165) is 38.5 Å². The number of phosphoric ester groups is 1. The Labute approximate surface area is 333 Å². The molecule has 0 bridgehead atoms. The summed E-state index contributed by atoms with van der Waals surface area (Å²) in [5.74, 6) is -0.293. The van der Waals surface area contributed by atoms with Crippen LogP contribution < -0.4 is 5.73 Å². The molecule has 0 heterocycles. The van der Waals surface area contributed by atoms with E-state index in [1.54, 1.807) is 6.26 Å². The van der Waals surface area contributed by atoms with Crippen LogP contribution in [0.4, 0.5) is 0 Å². The average Bonchev–Trinajstić information content (AvgIpc) is 3.16. The molecule has 0 saturated carbocycles. The van der Waals surface area contributed by atoms with Crippen LogP contribution >= 0.6 is 7.82 Å². The van der Waals surface area contributed by atoms with E-state index in [1.165, 1.54) is 154 Å². The van der Waals surface area contributed by atoms with Gasteiger partial charge in [-0.15, -0.1) is 0 Å². The van der Waals surface area contributed by atoms with Crippen LogP contribution in [0.5, 0.6) is 0 Å². The van der Waals surface area contributed by atoms with E-state index in [-0.39, 0.29) is 32.3 Å². The van der Waals surface area contributed by atoms with E-state index in [4.69, 9.17) is 24.3 Å². The Morgan fingerprint density at radius 1 is 0.574 bits per heavy atom. The second-order valence-electron chi connectivity index (χ2n) is 15.0. The van der Waals surface area contributed by atoms with Gasteiger partial charge in [0, 0.05) is 13.0 Å². The Morgan fingerprint density at radius 2 is 1.00 bits per heavy atom. The van der Waals surface area contributed by atoms with Gasteiger partial charge >= 0.3 is 13.8 Å². The molecule has 0 fully saturated rings. The number of hydrogen-bond acceptors (Lipinski definition) is 7. The molecule has 9 heteroatoms. The first-order valence-electron chi connectivity index (χ1n) is 22.5. The van der Waals surface area contributed by atoms with Crippen molar-refractivity contribution >= 4 is 13.8 Å². The van der Waals surface area contributed by atoms with E-state index >= 15 is 0 Å². The molecule has 0 rings (SSSR count). The zero-order valence-electron chi connectivity index (χ0n) is 35.2. The van der Waals surface area contributed by atoms with Crippen LogP contribution in [0.3, 0.4) is 0 Å². The second kappa shape index (κ2) is 42.7. The number of esters is 1. The smallest absolute Gasteiger partial charge is 0.472 e. The third-order valence-electron chi connectivity index (χ3n) is 9.65. The monoisotopic (exact) mass is 784 g/mol. The standard InChI is InChI=1S/C45H86NO7P/c1-3-5-7-9-11-13-15-17-19-21-22-23-24-26-28-30-32-34-36-38-45(47)51-42-44(43-53-54(48,49)52-41-39-46)50-40-37-35-33-31-29-27-25-20-18-16-14-12-10-8-6-4-2/h11,13,17,19,37,40,44H,3-10,12,14-16,18,20-36,38-39,41-43,46H2,1-2H3,(H,48,49). The van der Waals surface area contributed by atoms with E-state index in [9.17, 15) is 14.3 Å². The third kappa shape index (κ3) is 41.7. The molecule has 0 aromatic rings. The number of nitrogens with two attached hydrogens (primary N) is 1. The van der Waals surface area contributed by atoms with Crippen molar-refractivity contribution in [2.45, 2.75) is 219 Å². The van der Waals surface area contributed by atoms with E-state index < -0.39 is 13.9 Å². The van der Waals surface area contributed by atoms with Crippen molar-refractivity contribution < 1.29 is 32.8 Å². The molecular formula is C45H86NO7P. The molecule has 54 heavy (non-hydrogen) atoms. The fraction of sp³-hybridized carbons (Fsp3) is 0.844. The Hall–Kier alpha value is -1.44. The van der Waals surface area contributed by atoms with Gasteiger partial charge in [-0.2, -0.15) is 0 Å². The summed E-state index contributed by atoms with van der Waals surface area (Å²) >= 11 is 0. The van der Waals surface area contributed by atoms with Gasteiger partial charge in [-0.05, 0) is 57.4 Å². The molecular weight excluding hydrogens is 697 g/mol. The highest BCUT2D eigenvalue weighted by atomic mass is 31.2. The van der Waals surface area contributed by atoms with Gasteiger partial charge in [-0.3, -0.25) is 13.8 Å². The van der Waals surface area contributed by atoms with Crippen molar-refractivity contribution in [3.8, 4) is 0 Å². The molecule has 0 aliphatic carbocycles. The quantitative estimate of drug-likeness (QED) is 0.0206. The van der Waals surface area contributed by atoms with Crippen molar-refractivity contribution in [1.82, 2.24) is 0 Å². The van der Waals surface area contributed by atoms with Crippen molar-refractivity contribution in [3.05, 3.63) is 36.6 Å². The predicted octanol–water partition coefficient (Wildman–Crippen LogP) is 13.8. The molecule has 0 aliphatic heterocycles. The number of allylic oxidation sites excluding steroid dienone is 5. The fourth-order valence-corrected chi connectivity index (χ4v) is 7.01. The van der Waals surface area contributed by atoms with Crippen LogP contribution in [-0.2, 0) is 27.9 Å². The molecule has 0 spiro atoms. The summed E-state index contributed by atoms with van der Waals surface area (Å²) in [7, 11) is -4.27. The number of phosphoric acid groups is 1. The van der Waals surface area contributed by atoms with Crippen molar-refractivity contribution in [1.29, 1.82) is 0 Å². The number of rotatable bonds is 43. The molecule has 2 unspecified atom stereocenters. The maximum atomic E-state index is 12.4. The Balaban J connectivity index is 4.04. The van der Waals surface area contributed by atoms with Gasteiger partial charge in [0.25, 0.3) is 0 Å². The van der Waals surface area contributed by atoms with E-state index in [0.29, 0.717) is 6.42 Å². The lowest BCUT2D eigenvalue weighted by Gasteiger charge is -2.19. The van der Waals surface area contributed by atoms with E-state index in [1.807, 2.05) is 6.08 Å². The van der Waals surface area contributed by atoms with Crippen LogP contribution in [0.1, 0.15) is 213 Å². The molecule has 8 nitrogen and oxygen atoms in total. The Morgan fingerprint density at radius 3 is 1.50 bits per heavy atom. The predicted molar refractivity (Wildman–Crippen MR) is 229 cm³/mol. The molecule has 0 saturated heterocycles.